The van der Waals surface area contributed by atoms with Crippen LogP contribution in [0.1, 0.15) is 18.4 Å². The summed E-state index contributed by atoms with van der Waals surface area (Å²) in [6, 6.07) is 14.9. The molecule has 1 atom stereocenters. The minimum absolute atomic E-state index is 0.0317. The molecular weight excluding hydrogens is 296 g/mol. The van der Waals surface area contributed by atoms with Gasteiger partial charge in [-0.2, -0.15) is 0 Å². The minimum atomic E-state index is -3.13. The molecule has 2 aromatic rings. The van der Waals surface area contributed by atoms with E-state index >= 15 is 0 Å². The first-order valence-corrected chi connectivity index (χ1v) is 9.56. The van der Waals surface area contributed by atoms with Gasteiger partial charge in [-0.25, -0.2) is 13.1 Å². The van der Waals surface area contributed by atoms with E-state index in [-0.39, 0.29) is 6.04 Å². The molecule has 5 heteroatoms. The first kappa shape index (κ1) is 15.5. The van der Waals surface area contributed by atoms with Crippen molar-refractivity contribution in [3.05, 3.63) is 48.0 Å². The second-order valence-electron chi connectivity index (χ2n) is 6.15. The van der Waals surface area contributed by atoms with E-state index in [2.05, 4.69) is 46.0 Å². The summed E-state index contributed by atoms with van der Waals surface area (Å²) in [7, 11) is -3.13. The summed E-state index contributed by atoms with van der Waals surface area (Å²) < 4.78 is 25.5. The number of rotatable bonds is 4. The fourth-order valence-corrected chi connectivity index (χ4v) is 3.99. The van der Waals surface area contributed by atoms with Crippen LogP contribution >= 0.6 is 0 Å². The molecule has 3 rings (SSSR count). The lowest BCUT2D eigenvalue weighted by Gasteiger charge is -2.32. The normalized spacial score (nSPS) is 20.3. The monoisotopic (exact) mass is 318 g/mol. The third kappa shape index (κ3) is 4.06. The van der Waals surface area contributed by atoms with Crippen LogP contribution in [0.5, 0.6) is 0 Å². The van der Waals surface area contributed by atoms with E-state index in [9.17, 15) is 8.42 Å². The van der Waals surface area contributed by atoms with Crippen LogP contribution in [-0.4, -0.2) is 38.7 Å². The summed E-state index contributed by atoms with van der Waals surface area (Å²) in [4.78, 5) is 2.33. The molecule has 0 saturated carbocycles. The Hall–Kier alpha value is -1.43. The average molecular weight is 318 g/mol. The van der Waals surface area contributed by atoms with Crippen molar-refractivity contribution in [1.82, 2.24) is 9.62 Å². The van der Waals surface area contributed by atoms with Gasteiger partial charge < -0.3 is 0 Å². The summed E-state index contributed by atoms with van der Waals surface area (Å²) in [5.41, 5.74) is 1.28. The Balaban J connectivity index is 1.68. The van der Waals surface area contributed by atoms with Gasteiger partial charge >= 0.3 is 0 Å². The van der Waals surface area contributed by atoms with E-state index in [1.165, 1.54) is 22.6 Å². The summed E-state index contributed by atoms with van der Waals surface area (Å²) in [5.74, 6) is 0. The SMILES string of the molecule is CS(=O)(=O)NC1CCCN(Cc2ccc3ccccc3c2)C1. The van der Waals surface area contributed by atoms with Crippen LogP contribution in [-0.2, 0) is 16.6 Å². The Morgan fingerprint density at radius 1 is 1.18 bits per heavy atom. The van der Waals surface area contributed by atoms with E-state index in [4.69, 9.17) is 0 Å². The van der Waals surface area contributed by atoms with Gasteiger partial charge in [-0.1, -0.05) is 36.4 Å². The van der Waals surface area contributed by atoms with Crippen LogP contribution in [0.4, 0.5) is 0 Å². The van der Waals surface area contributed by atoms with Gasteiger partial charge in [0.2, 0.25) is 10.0 Å². The summed E-state index contributed by atoms with van der Waals surface area (Å²) in [6.45, 7) is 2.67. The number of nitrogens with one attached hydrogen (secondary N) is 1. The van der Waals surface area contributed by atoms with Crippen molar-refractivity contribution in [1.29, 1.82) is 0 Å². The number of hydrogen-bond donors (Lipinski definition) is 1. The van der Waals surface area contributed by atoms with E-state index in [0.717, 1.165) is 32.5 Å². The molecule has 1 heterocycles. The Morgan fingerprint density at radius 2 is 1.95 bits per heavy atom. The van der Waals surface area contributed by atoms with Crippen LogP contribution in [0.2, 0.25) is 0 Å². The molecule has 0 amide bonds. The fourth-order valence-electron chi connectivity index (χ4n) is 3.19. The maximum absolute atomic E-state index is 11.4. The molecule has 0 aliphatic carbocycles. The van der Waals surface area contributed by atoms with Gasteiger partial charge in [0.15, 0.2) is 0 Å². The Morgan fingerprint density at radius 3 is 2.73 bits per heavy atom. The zero-order valence-electron chi connectivity index (χ0n) is 12.8. The highest BCUT2D eigenvalue weighted by molar-refractivity contribution is 7.88. The second-order valence-corrected chi connectivity index (χ2v) is 7.93. The van der Waals surface area contributed by atoms with Crippen molar-refractivity contribution in [3.8, 4) is 0 Å². The van der Waals surface area contributed by atoms with E-state index in [1.54, 1.807) is 0 Å². The lowest BCUT2D eigenvalue weighted by atomic mass is 10.0. The van der Waals surface area contributed by atoms with Crippen LogP contribution in [0.15, 0.2) is 42.5 Å². The third-order valence-corrected chi connectivity index (χ3v) is 4.87. The topological polar surface area (TPSA) is 49.4 Å². The number of sulfonamides is 1. The lowest BCUT2D eigenvalue weighted by Crippen LogP contribution is -2.46. The number of nitrogens with zero attached hydrogens (tertiary/aromatic N) is 1. The first-order valence-electron chi connectivity index (χ1n) is 7.67. The number of hydrogen-bond acceptors (Lipinski definition) is 3. The molecule has 4 nitrogen and oxygen atoms in total. The Kier molecular flexibility index (Phi) is 4.47. The van der Waals surface area contributed by atoms with E-state index < -0.39 is 10.0 Å². The standard InChI is InChI=1S/C17H22N2O2S/c1-22(20,21)18-17-7-4-10-19(13-17)12-14-8-9-15-5-2-3-6-16(15)11-14/h2-3,5-6,8-9,11,17-18H,4,7,10,12-13H2,1H3. The van der Waals surface area contributed by atoms with Gasteiger partial charge in [0.1, 0.15) is 0 Å². The van der Waals surface area contributed by atoms with E-state index in [1.807, 2.05) is 6.07 Å². The van der Waals surface area contributed by atoms with Crippen LogP contribution in [0, 0.1) is 0 Å². The molecule has 1 aliphatic heterocycles. The molecular formula is C17H22N2O2S. The molecule has 1 unspecified atom stereocenters. The van der Waals surface area contributed by atoms with Crippen molar-refractivity contribution < 1.29 is 8.42 Å². The molecule has 0 spiro atoms. The highest BCUT2D eigenvalue weighted by Gasteiger charge is 2.22. The Labute approximate surface area is 132 Å². The molecule has 0 radical (unpaired) electrons. The summed E-state index contributed by atoms with van der Waals surface area (Å²) in [6.07, 6.45) is 3.18. The molecule has 118 valence electrons. The van der Waals surface area contributed by atoms with Gasteiger partial charge in [0.05, 0.1) is 6.26 Å². The van der Waals surface area contributed by atoms with Gasteiger partial charge in [-0.15, -0.1) is 0 Å². The fraction of sp³-hybridized carbons (Fsp3) is 0.412. The smallest absolute Gasteiger partial charge is 0.208 e. The quantitative estimate of drug-likeness (QED) is 0.941. The van der Waals surface area contributed by atoms with Gasteiger partial charge in [-0.05, 0) is 41.8 Å². The Bertz CT molecular complexity index is 758. The number of benzene rings is 2. The number of fused-ring (bicyclic) bond motifs is 1. The zero-order chi connectivity index (χ0) is 15.6. The van der Waals surface area contributed by atoms with Crippen molar-refractivity contribution in [2.24, 2.45) is 0 Å². The molecule has 0 aromatic heterocycles. The molecule has 1 saturated heterocycles. The summed E-state index contributed by atoms with van der Waals surface area (Å²) >= 11 is 0. The van der Waals surface area contributed by atoms with Crippen molar-refractivity contribution in [3.63, 3.8) is 0 Å². The summed E-state index contributed by atoms with van der Waals surface area (Å²) in [5, 5.41) is 2.50. The maximum atomic E-state index is 11.4. The second kappa shape index (κ2) is 6.36. The molecule has 22 heavy (non-hydrogen) atoms. The largest absolute Gasteiger partial charge is 0.298 e. The van der Waals surface area contributed by atoms with Gasteiger partial charge in [0, 0.05) is 19.1 Å². The predicted molar refractivity (Wildman–Crippen MR) is 90.2 cm³/mol. The number of likely N-dealkylation sites (tertiary alicyclic amines) is 1. The third-order valence-electron chi connectivity index (χ3n) is 4.11. The maximum Gasteiger partial charge on any atom is 0.208 e. The molecule has 1 aliphatic rings. The van der Waals surface area contributed by atoms with Crippen LogP contribution in [0.3, 0.4) is 0 Å². The van der Waals surface area contributed by atoms with Crippen LogP contribution in [0.25, 0.3) is 10.8 Å². The molecule has 2 aromatic carbocycles. The molecule has 0 bridgehead atoms. The van der Waals surface area contributed by atoms with Gasteiger partial charge in [-0.3, -0.25) is 4.90 Å². The predicted octanol–water partition coefficient (Wildman–Crippen LogP) is 2.35. The molecule has 1 fully saturated rings. The first-order chi connectivity index (χ1) is 10.5. The van der Waals surface area contributed by atoms with Crippen molar-refractivity contribution >= 4 is 20.8 Å². The average Bonchev–Trinajstić information content (AvgIpc) is 2.46. The van der Waals surface area contributed by atoms with E-state index in [0.29, 0.717) is 0 Å². The lowest BCUT2D eigenvalue weighted by molar-refractivity contribution is 0.194. The highest BCUT2D eigenvalue weighted by Crippen LogP contribution is 2.19. The molecule has 1 N–H and O–H groups in total. The van der Waals surface area contributed by atoms with Crippen molar-refractivity contribution in [2.75, 3.05) is 19.3 Å². The van der Waals surface area contributed by atoms with Gasteiger partial charge in [0.25, 0.3) is 0 Å². The van der Waals surface area contributed by atoms with Crippen molar-refractivity contribution in [2.45, 2.75) is 25.4 Å². The highest BCUT2D eigenvalue weighted by atomic mass is 32.2. The van der Waals surface area contributed by atoms with Crippen LogP contribution < -0.4 is 4.72 Å². The minimum Gasteiger partial charge on any atom is -0.298 e. The zero-order valence-corrected chi connectivity index (χ0v) is 13.6. The number of piperidine rings is 1.